The van der Waals surface area contributed by atoms with Crippen LogP contribution in [0.5, 0.6) is 0 Å². The number of fused-ring (bicyclic) bond motifs is 4. The van der Waals surface area contributed by atoms with E-state index in [1.165, 1.54) is 67.7 Å². The van der Waals surface area contributed by atoms with Gasteiger partial charge in [-0.2, -0.15) is 0 Å². The number of nitrogens with zero attached hydrogens (tertiary/aromatic N) is 2. The van der Waals surface area contributed by atoms with Crippen molar-refractivity contribution in [2.24, 2.45) is 0 Å². The zero-order valence-electron chi connectivity index (χ0n) is 30.1. The lowest BCUT2D eigenvalue weighted by molar-refractivity contribution is 1.28. The van der Waals surface area contributed by atoms with E-state index in [9.17, 15) is 0 Å². The molecule has 0 saturated heterocycles. The fourth-order valence-corrected chi connectivity index (χ4v) is 10.7. The maximum Gasteiger partial charge on any atom is 0.124 e. The summed E-state index contributed by atoms with van der Waals surface area (Å²) in [7, 11) is 0. The van der Waals surface area contributed by atoms with Crippen LogP contribution in [-0.2, 0) is 0 Å². The van der Waals surface area contributed by atoms with Crippen LogP contribution in [0.3, 0.4) is 0 Å². The number of thiophene rings is 2. The Morgan fingerprint density at radius 3 is 1.41 bits per heavy atom. The monoisotopic (exact) mass is 768 g/mol. The van der Waals surface area contributed by atoms with Gasteiger partial charge in [-0.15, -0.1) is 34.0 Å². The Morgan fingerprint density at radius 2 is 0.804 bits per heavy atom. The van der Waals surface area contributed by atoms with Crippen LogP contribution in [0.2, 0.25) is 0 Å². The molecule has 8 aromatic carbocycles. The number of benzene rings is 8. The van der Waals surface area contributed by atoms with E-state index in [0.29, 0.717) is 0 Å². The van der Waals surface area contributed by atoms with Crippen molar-refractivity contribution in [1.29, 1.82) is 0 Å². The number of aromatic nitrogens is 1. The van der Waals surface area contributed by atoms with E-state index in [-0.39, 0.29) is 0 Å². The van der Waals surface area contributed by atoms with Gasteiger partial charge >= 0.3 is 0 Å². The molecule has 11 aromatic rings. The predicted octanol–water partition coefficient (Wildman–Crippen LogP) is 16.0. The molecule has 0 atom stereocenters. The molecule has 0 unspecified atom stereocenters. The van der Waals surface area contributed by atoms with Crippen molar-refractivity contribution in [3.63, 3.8) is 0 Å². The summed E-state index contributed by atoms with van der Waals surface area (Å²) < 4.78 is 3.83. The number of hydrogen-bond acceptors (Lipinski definition) is 5. The molecule has 264 valence electrons. The predicted molar refractivity (Wildman–Crippen MR) is 244 cm³/mol. The first-order valence-electron chi connectivity index (χ1n) is 18.7. The zero-order valence-corrected chi connectivity index (χ0v) is 32.5. The second-order valence-corrected chi connectivity index (χ2v) is 17.2. The van der Waals surface area contributed by atoms with Crippen LogP contribution in [0.1, 0.15) is 0 Å². The summed E-state index contributed by atoms with van der Waals surface area (Å²) in [5.41, 5.74) is 10.3. The Hall–Kier alpha value is -6.37. The van der Waals surface area contributed by atoms with E-state index >= 15 is 0 Å². The number of hydrogen-bond donors (Lipinski definition) is 0. The summed E-state index contributed by atoms with van der Waals surface area (Å²) in [6, 6.07) is 70.6. The highest BCUT2D eigenvalue weighted by molar-refractivity contribution is 7.22. The maximum atomic E-state index is 4.92. The normalized spacial score (nSPS) is 11.6. The Balaban J connectivity index is 0.941. The fraction of sp³-hybridized carbons (Fsp3) is 0. The molecule has 0 aliphatic heterocycles. The Labute approximate surface area is 336 Å². The molecule has 0 spiro atoms. The van der Waals surface area contributed by atoms with Gasteiger partial charge in [0.25, 0.3) is 0 Å². The Morgan fingerprint density at radius 1 is 0.321 bits per heavy atom. The number of thiazole rings is 1. The minimum atomic E-state index is 1.03. The molecule has 56 heavy (non-hydrogen) atoms. The van der Waals surface area contributed by atoms with Crippen molar-refractivity contribution >= 4 is 92.2 Å². The lowest BCUT2D eigenvalue weighted by atomic mass is 9.99. The zero-order chi connectivity index (χ0) is 37.0. The van der Waals surface area contributed by atoms with Gasteiger partial charge in [-0.3, -0.25) is 0 Å². The van der Waals surface area contributed by atoms with E-state index in [4.69, 9.17) is 4.98 Å². The van der Waals surface area contributed by atoms with Gasteiger partial charge in [0.2, 0.25) is 0 Å². The molecule has 0 N–H and O–H groups in total. The average molecular weight is 769 g/mol. The highest BCUT2D eigenvalue weighted by Gasteiger charge is 2.16. The smallest absolute Gasteiger partial charge is 0.124 e. The lowest BCUT2D eigenvalue weighted by Gasteiger charge is -2.26. The first-order chi connectivity index (χ1) is 27.7. The van der Waals surface area contributed by atoms with Crippen molar-refractivity contribution in [3.05, 3.63) is 194 Å². The minimum Gasteiger partial charge on any atom is -0.311 e. The summed E-state index contributed by atoms with van der Waals surface area (Å²) in [6.45, 7) is 0. The molecule has 0 saturated carbocycles. The largest absolute Gasteiger partial charge is 0.311 e. The second kappa shape index (κ2) is 13.7. The topological polar surface area (TPSA) is 16.1 Å². The van der Waals surface area contributed by atoms with Crippen LogP contribution < -0.4 is 4.90 Å². The Kier molecular flexibility index (Phi) is 8.09. The van der Waals surface area contributed by atoms with Crippen molar-refractivity contribution in [2.75, 3.05) is 4.90 Å². The first kappa shape index (κ1) is 33.0. The SMILES string of the molecule is c1ccc2sc(-c3ccc(N(c4ccc(-c5ccc6ccc(-c7cc8ccccc8s7)cc6c5)cc4)c4ccc(-c5nc6ccccc6s5)cc4)cc3)cc2c1. The van der Waals surface area contributed by atoms with Crippen molar-refractivity contribution in [1.82, 2.24) is 4.98 Å². The summed E-state index contributed by atoms with van der Waals surface area (Å²) in [6.07, 6.45) is 0. The first-order valence-corrected chi connectivity index (χ1v) is 21.1. The number of para-hydroxylation sites is 1. The molecular weight excluding hydrogens is 737 g/mol. The third-order valence-electron chi connectivity index (χ3n) is 10.5. The molecule has 3 heterocycles. The Bertz CT molecular complexity index is 2970. The lowest BCUT2D eigenvalue weighted by Crippen LogP contribution is -2.09. The van der Waals surface area contributed by atoms with Crippen LogP contribution in [-0.4, -0.2) is 4.98 Å². The summed E-state index contributed by atoms with van der Waals surface area (Å²) in [5, 5.41) is 6.11. The van der Waals surface area contributed by atoms with Crippen LogP contribution >= 0.6 is 34.0 Å². The molecule has 0 radical (unpaired) electrons. The molecule has 0 aliphatic rings. The van der Waals surface area contributed by atoms with Gasteiger partial charge in [0.15, 0.2) is 0 Å². The van der Waals surface area contributed by atoms with Crippen LogP contribution in [0.15, 0.2) is 194 Å². The molecule has 5 heteroatoms. The van der Waals surface area contributed by atoms with Gasteiger partial charge in [0.05, 0.1) is 10.2 Å². The van der Waals surface area contributed by atoms with E-state index in [1.54, 1.807) is 11.3 Å². The molecule has 3 aromatic heterocycles. The standard InChI is InChI=1S/C51H32N2S3/c1-4-10-46-38(7-1)31-49(54-46)35-19-25-43(26-20-35)53(44-27-21-36(22-28-44)51-52-45-9-3-6-12-48(45)56-51)42-23-17-33(18-24-42)37-15-13-34-14-16-40(30-41(34)29-37)50-32-39-8-2-5-11-47(39)55-50/h1-32H. The van der Waals surface area contributed by atoms with Crippen molar-refractivity contribution in [3.8, 4) is 42.6 Å². The fourth-order valence-electron chi connectivity index (χ4n) is 7.60. The third-order valence-corrected chi connectivity index (χ3v) is 13.9. The second-order valence-electron chi connectivity index (χ2n) is 14.0. The summed E-state index contributed by atoms with van der Waals surface area (Å²) in [5.74, 6) is 0. The van der Waals surface area contributed by atoms with Crippen LogP contribution in [0.25, 0.3) is 83.7 Å². The molecule has 11 rings (SSSR count). The van der Waals surface area contributed by atoms with Gasteiger partial charge in [-0.25, -0.2) is 4.98 Å². The molecule has 2 nitrogen and oxygen atoms in total. The van der Waals surface area contributed by atoms with Gasteiger partial charge in [0, 0.05) is 41.8 Å². The van der Waals surface area contributed by atoms with Gasteiger partial charge in [-0.1, -0.05) is 97.1 Å². The molecule has 0 fully saturated rings. The van der Waals surface area contributed by atoms with Crippen molar-refractivity contribution < 1.29 is 0 Å². The van der Waals surface area contributed by atoms with E-state index in [1.807, 2.05) is 28.7 Å². The van der Waals surface area contributed by atoms with Crippen LogP contribution in [0.4, 0.5) is 17.1 Å². The molecule has 0 amide bonds. The quantitative estimate of drug-likeness (QED) is 0.161. The molecule has 0 aliphatic carbocycles. The van der Waals surface area contributed by atoms with E-state index < -0.39 is 0 Å². The highest BCUT2D eigenvalue weighted by Crippen LogP contribution is 2.41. The van der Waals surface area contributed by atoms with E-state index in [0.717, 1.165) is 33.1 Å². The molecular formula is C51H32N2S3. The van der Waals surface area contributed by atoms with Gasteiger partial charge in [0.1, 0.15) is 5.01 Å². The minimum absolute atomic E-state index is 1.03. The number of rotatable bonds is 7. The maximum absolute atomic E-state index is 4.92. The number of anilines is 3. The van der Waals surface area contributed by atoms with Crippen LogP contribution in [0, 0.1) is 0 Å². The average Bonchev–Trinajstić information content (AvgIpc) is 4.01. The molecule has 0 bridgehead atoms. The summed E-state index contributed by atoms with van der Waals surface area (Å²) >= 11 is 5.43. The third kappa shape index (κ3) is 6.07. The van der Waals surface area contributed by atoms with Gasteiger partial charge < -0.3 is 4.90 Å². The van der Waals surface area contributed by atoms with Gasteiger partial charge in [-0.05, 0) is 141 Å². The van der Waals surface area contributed by atoms with E-state index in [2.05, 4.69) is 193 Å². The van der Waals surface area contributed by atoms with Crippen molar-refractivity contribution in [2.45, 2.75) is 0 Å². The summed E-state index contributed by atoms with van der Waals surface area (Å²) in [4.78, 5) is 9.84. The highest BCUT2D eigenvalue weighted by atomic mass is 32.1.